The Morgan fingerprint density at radius 1 is 1.25 bits per heavy atom. The lowest BCUT2D eigenvalue weighted by Gasteiger charge is -2.36. The lowest BCUT2D eigenvalue weighted by molar-refractivity contribution is -0.123. The zero-order valence-corrected chi connectivity index (χ0v) is 16.0. The number of hydrogen-bond donors (Lipinski definition) is 3. The van der Waals surface area contributed by atoms with E-state index in [1.54, 1.807) is 23.1 Å². The highest BCUT2D eigenvalue weighted by Crippen LogP contribution is 2.34. The normalized spacial score (nSPS) is 19.2. The molecule has 3 N–H and O–H groups in total. The fraction of sp³-hybridized carbons (Fsp3) is 0.579. The van der Waals surface area contributed by atoms with Crippen LogP contribution in [0.15, 0.2) is 18.2 Å². The summed E-state index contributed by atoms with van der Waals surface area (Å²) in [6, 6.07) is 4.43. The zero-order valence-electron chi connectivity index (χ0n) is 16.0. The van der Waals surface area contributed by atoms with Crippen LogP contribution in [0.25, 0.3) is 0 Å². The molecule has 0 aliphatic carbocycles. The second kappa shape index (κ2) is 9.22. The van der Waals surface area contributed by atoms with Gasteiger partial charge in [0.05, 0.1) is 50.6 Å². The molecule has 3 rings (SSSR count). The van der Waals surface area contributed by atoms with Gasteiger partial charge < -0.3 is 34.8 Å². The molecule has 0 saturated carbocycles. The summed E-state index contributed by atoms with van der Waals surface area (Å²) in [5.74, 6) is 0.340. The molecule has 28 heavy (non-hydrogen) atoms. The third-order valence-electron chi connectivity index (χ3n) is 5.09. The number of aliphatic hydroxyl groups is 2. The summed E-state index contributed by atoms with van der Waals surface area (Å²) in [5.41, 5.74) is 1.32. The van der Waals surface area contributed by atoms with E-state index < -0.39 is 6.04 Å². The standard InChI is InChI=1S/C19H27N3O6/c1-21-15(9-18(25)20-14(10-23)11-24)12-28-17-3-2-13(8-16(17)21)19(26)22-4-6-27-7-5-22/h2-3,8,14-15,23-24H,4-7,9-12H2,1H3,(H,20,25). The summed E-state index contributed by atoms with van der Waals surface area (Å²) in [7, 11) is 1.86. The molecule has 2 amide bonds. The fourth-order valence-corrected chi connectivity index (χ4v) is 3.34. The van der Waals surface area contributed by atoms with Crippen LogP contribution in [0.1, 0.15) is 16.8 Å². The summed E-state index contributed by atoms with van der Waals surface area (Å²) >= 11 is 0. The van der Waals surface area contributed by atoms with Gasteiger partial charge in [0, 0.05) is 25.7 Å². The van der Waals surface area contributed by atoms with Crippen molar-refractivity contribution in [2.75, 3.05) is 58.1 Å². The number of carbonyl (C=O) groups excluding carboxylic acids is 2. The van der Waals surface area contributed by atoms with Crippen LogP contribution >= 0.6 is 0 Å². The van der Waals surface area contributed by atoms with Gasteiger partial charge in [-0.15, -0.1) is 0 Å². The first-order chi connectivity index (χ1) is 13.5. The number of benzene rings is 1. The first kappa shape index (κ1) is 20.4. The number of aliphatic hydroxyl groups excluding tert-OH is 2. The Balaban J connectivity index is 1.69. The van der Waals surface area contributed by atoms with Crippen molar-refractivity contribution in [1.82, 2.24) is 10.2 Å². The van der Waals surface area contributed by atoms with Crippen molar-refractivity contribution in [3.8, 4) is 5.75 Å². The number of ether oxygens (including phenoxy) is 2. The Morgan fingerprint density at radius 2 is 1.96 bits per heavy atom. The smallest absolute Gasteiger partial charge is 0.254 e. The summed E-state index contributed by atoms with van der Waals surface area (Å²) in [5, 5.41) is 20.8. The molecule has 2 heterocycles. The Labute approximate surface area is 163 Å². The van der Waals surface area contributed by atoms with Gasteiger partial charge in [-0.05, 0) is 18.2 Å². The molecule has 1 aromatic carbocycles. The minimum absolute atomic E-state index is 0.0481. The average Bonchev–Trinajstić information content (AvgIpc) is 2.74. The molecule has 0 bridgehead atoms. The van der Waals surface area contributed by atoms with Crippen molar-refractivity contribution in [3.63, 3.8) is 0 Å². The van der Waals surface area contributed by atoms with E-state index in [2.05, 4.69) is 5.32 Å². The minimum atomic E-state index is -0.674. The van der Waals surface area contributed by atoms with E-state index in [-0.39, 0.29) is 37.5 Å². The van der Waals surface area contributed by atoms with Gasteiger partial charge in [0.1, 0.15) is 12.4 Å². The van der Waals surface area contributed by atoms with Crippen molar-refractivity contribution >= 4 is 17.5 Å². The maximum Gasteiger partial charge on any atom is 0.254 e. The maximum atomic E-state index is 12.7. The zero-order chi connectivity index (χ0) is 20.1. The Morgan fingerprint density at radius 3 is 2.64 bits per heavy atom. The number of anilines is 1. The molecule has 1 aromatic rings. The number of likely N-dealkylation sites (N-methyl/N-ethyl adjacent to an activating group) is 1. The quantitative estimate of drug-likeness (QED) is 0.581. The highest BCUT2D eigenvalue weighted by Gasteiger charge is 2.29. The van der Waals surface area contributed by atoms with E-state index in [0.29, 0.717) is 44.2 Å². The van der Waals surface area contributed by atoms with Crippen molar-refractivity contribution in [2.24, 2.45) is 0 Å². The van der Waals surface area contributed by atoms with Gasteiger partial charge in [-0.25, -0.2) is 0 Å². The van der Waals surface area contributed by atoms with Crippen LogP contribution < -0.4 is 15.0 Å². The predicted molar refractivity (Wildman–Crippen MR) is 102 cm³/mol. The van der Waals surface area contributed by atoms with Gasteiger partial charge >= 0.3 is 0 Å². The van der Waals surface area contributed by atoms with Crippen molar-refractivity contribution in [3.05, 3.63) is 23.8 Å². The third-order valence-corrected chi connectivity index (χ3v) is 5.09. The number of nitrogens with zero attached hydrogens (tertiary/aromatic N) is 2. The Bertz CT molecular complexity index is 703. The third kappa shape index (κ3) is 4.54. The molecular formula is C19H27N3O6. The molecule has 2 aliphatic heterocycles. The highest BCUT2D eigenvalue weighted by atomic mass is 16.5. The molecule has 1 atom stereocenters. The van der Waals surface area contributed by atoms with E-state index in [0.717, 1.165) is 5.69 Å². The van der Waals surface area contributed by atoms with Crippen molar-refractivity contribution in [1.29, 1.82) is 0 Å². The molecule has 1 fully saturated rings. The maximum absolute atomic E-state index is 12.7. The molecule has 0 aromatic heterocycles. The molecule has 0 radical (unpaired) electrons. The van der Waals surface area contributed by atoms with Gasteiger partial charge in [0.25, 0.3) is 5.91 Å². The van der Waals surface area contributed by atoms with Crippen LogP contribution in [0.2, 0.25) is 0 Å². The van der Waals surface area contributed by atoms with E-state index in [4.69, 9.17) is 19.7 Å². The molecule has 1 saturated heterocycles. The van der Waals surface area contributed by atoms with Gasteiger partial charge in [0.15, 0.2) is 0 Å². The van der Waals surface area contributed by atoms with Crippen LogP contribution in [0, 0.1) is 0 Å². The van der Waals surface area contributed by atoms with Gasteiger partial charge in [0.2, 0.25) is 5.91 Å². The molecule has 9 heteroatoms. The number of carbonyl (C=O) groups is 2. The Kier molecular flexibility index (Phi) is 6.71. The molecule has 2 aliphatic rings. The van der Waals surface area contributed by atoms with Crippen LogP contribution in [-0.4, -0.2) is 92.2 Å². The minimum Gasteiger partial charge on any atom is -0.489 e. The van der Waals surface area contributed by atoms with E-state index >= 15 is 0 Å². The van der Waals surface area contributed by atoms with Gasteiger partial charge in [-0.3, -0.25) is 9.59 Å². The number of nitrogens with one attached hydrogen (secondary N) is 1. The average molecular weight is 393 g/mol. The lowest BCUT2D eigenvalue weighted by Crippen LogP contribution is -2.47. The Hall–Kier alpha value is -2.36. The van der Waals surface area contributed by atoms with E-state index in [1.807, 2.05) is 11.9 Å². The number of morpholine rings is 1. The topological polar surface area (TPSA) is 112 Å². The van der Waals surface area contributed by atoms with Crippen LogP contribution in [-0.2, 0) is 9.53 Å². The molecule has 1 unspecified atom stereocenters. The monoisotopic (exact) mass is 393 g/mol. The molecule has 0 spiro atoms. The van der Waals surface area contributed by atoms with Crippen LogP contribution in [0.4, 0.5) is 5.69 Å². The van der Waals surface area contributed by atoms with Crippen LogP contribution in [0.3, 0.4) is 0 Å². The second-order valence-electron chi connectivity index (χ2n) is 7.00. The van der Waals surface area contributed by atoms with E-state index in [1.165, 1.54) is 0 Å². The van der Waals surface area contributed by atoms with Crippen molar-refractivity contribution < 1.29 is 29.3 Å². The number of rotatable bonds is 6. The lowest BCUT2D eigenvalue weighted by atomic mass is 10.1. The van der Waals surface area contributed by atoms with Gasteiger partial charge in [-0.1, -0.05) is 0 Å². The summed E-state index contributed by atoms with van der Waals surface area (Å²) in [6.45, 7) is 1.91. The second-order valence-corrected chi connectivity index (χ2v) is 7.00. The highest BCUT2D eigenvalue weighted by molar-refractivity contribution is 5.96. The first-order valence-electron chi connectivity index (χ1n) is 9.41. The summed E-state index contributed by atoms with van der Waals surface area (Å²) in [6.07, 6.45) is 0.147. The number of hydrogen-bond acceptors (Lipinski definition) is 7. The van der Waals surface area contributed by atoms with Crippen molar-refractivity contribution in [2.45, 2.75) is 18.5 Å². The van der Waals surface area contributed by atoms with Crippen LogP contribution in [0.5, 0.6) is 5.75 Å². The summed E-state index contributed by atoms with van der Waals surface area (Å²) in [4.78, 5) is 28.6. The molecule has 154 valence electrons. The largest absolute Gasteiger partial charge is 0.489 e. The van der Waals surface area contributed by atoms with E-state index in [9.17, 15) is 9.59 Å². The number of amides is 2. The molecule has 9 nitrogen and oxygen atoms in total. The van der Waals surface area contributed by atoms with Gasteiger partial charge in [-0.2, -0.15) is 0 Å². The first-order valence-corrected chi connectivity index (χ1v) is 9.41. The predicted octanol–water partition coefficient (Wildman–Crippen LogP) is -0.784. The SMILES string of the molecule is CN1c2cc(C(=O)N3CCOCC3)ccc2OCC1CC(=O)NC(CO)CO. The molecular weight excluding hydrogens is 366 g/mol. The fourth-order valence-electron chi connectivity index (χ4n) is 3.34. The number of fused-ring (bicyclic) bond motifs is 1. The summed E-state index contributed by atoms with van der Waals surface area (Å²) < 4.78 is 11.1.